The lowest BCUT2D eigenvalue weighted by molar-refractivity contribution is -0.118. The number of nitrogens with zero attached hydrogens (tertiary/aromatic N) is 1. The van der Waals surface area contributed by atoms with Crippen LogP contribution in [-0.4, -0.2) is 29.1 Å². The average molecular weight is 480 g/mol. The van der Waals surface area contributed by atoms with Crippen LogP contribution in [0, 0.1) is 5.92 Å². The van der Waals surface area contributed by atoms with Crippen LogP contribution in [0.5, 0.6) is 0 Å². The van der Waals surface area contributed by atoms with Gasteiger partial charge in [-0.25, -0.2) is 4.98 Å². The molecule has 2 amide bonds. The molecule has 5 nitrogen and oxygen atoms in total. The number of hydrogen-bond acceptors (Lipinski definition) is 5. The molecule has 0 aliphatic heterocycles. The summed E-state index contributed by atoms with van der Waals surface area (Å²) in [4.78, 5) is 31.5. The number of thiazole rings is 1. The maximum atomic E-state index is 12.9. The van der Waals surface area contributed by atoms with Crippen molar-refractivity contribution < 1.29 is 9.59 Å². The number of thioether (sulfide) groups is 1. The zero-order valence-corrected chi connectivity index (χ0v) is 20.2. The van der Waals surface area contributed by atoms with E-state index in [1.54, 1.807) is 6.07 Å². The van der Waals surface area contributed by atoms with E-state index in [0.29, 0.717) is 22.4 Å². The summed E-state index contributed by atoms with van der Waals surface area (Å²) in [5, 5.41) is 6.56. The molecule has 0 radical (unpaired) electrons. The number of hydrogen-bond donors (Lipinski definition) is 2. The minimum absolute atomic E-state index is 0.0197. The number of aromatic nitrogens is 1. The first-order valence-corrected chi connectivity index (χ1v) is 13.3. The molecule has 1 aliphatic carbocycles. The van der Waals surface area contributed by atoms with Gasteiger partial charge in [0.05, 0.1) is 11.3 Å². The third-order valence-electron chi connectivity index (χ3n) is 5.80. The van der Waals surface area contributed by atoms with Crippen LogP contribution >= 0.6 is 23.1 Å². The van der Waals surface area contributed by atoms with Gasteiger partial charge in [0.25, 0.3) is 5.91 Å². The van der Waals surface area contributed by atoms with Gasteiger partial charge in [-0.05, 0) is 36.5 Å². The Morgan fingerprint density at radius 3 is 2.58 bits per heavy atom. The Balaban J connectivity index is 1.30. The molecule has 3 aromatic rings. The second-order valence-electron chi connectivity index (χ2n) is 8.34. The summed E-state index contributed by atoms with van der Waals surface area (Å²) in [6.07, 6.45) is 8.87. The molecule has 172 valence electrons. The summed E-state index contributed by atoms with van der Waals surface area (Å²) in [5.41, 5.74) is 1.77. The first-order chi connectivity index (χ1) is 16.2. The van der Waals surface area contributed by atoms with Gasteiger partial charge in [-0.1, -0.05) is 61.7 Å². The van der Waals surface area contributed by atoms with E-state index in [1.165, 1.54) is 60.8 Å². The second-order valence-corrected chi connectivity index (χ2v) is 10.5. The van der Waals surface area contributed by atoms with Crippen LogP contribution in [-0.2, 0) is 11.2 Å². The summed E-state index contributed by atoms with van der Waals surface area (Å²) in [6, 6.07) is 17.6. The van der Waals surface area contributed by atoms with Crippen LogP contribution < -0.4 is 10.6 Å². The topological polar surface area (TPSA) is 71.1 Å². The fourth-order valence-electron chi connectivity index (χ4n) is 4.03. The first kappa shape index (κ1) is 23.5. The fourth-order valence-corrected chi connectivity index (χ4v) is 5.75. The summed E-state index contributed by atoms with van der Waals surface area (Å²) in [5.74, 6) is 0.721. The molecular weight excluding hydrogens is 450 g/mol. The standard InChI is InChI=1S/C26H29N3O2S2/c30-24(27-16-20-11-5-2-6-12-20)18-32-23-14-8-7-13-22(23)25(31)29-26-28-17-21(33-26)15-19-9-3-1-4-10-19/h1,3-4,7-10,13-14,17,20H,2,5-6,11-12,15-16,18H2,(H,27,30)(H,28,29,31). The molecule has 0 spiro atoms. The lowest BCUT2D eigenvalue weighted by Crippen LogP contribution is -2.31. The van der Waals surface area contributed by atoms with Gasteiger partial charge in [0, 0.05) is 28.9 Å². The summed E-state index contributed by atoms with van der Waals surface area (Å²) in [7, 11) is 0. The average Bonchev–Trinajstić information content (AvgIpc) is 3.29. The van der Waals surface area contributed by atoms with Crippen LogP contribution in [0.4, 0.5) is 5.13 Å². The molecule has 0 bridgehead atoms. The highest BCUT2D eigenvalue weighted by molar-refractivity contribution is 8.00. The van der Waals surface area contributed by atoms with Crippen LogP contribution in [0.1, 0.15) is 52.9 Å². The highest BCUT2D eigenvalue weighted by Gasteiger charge is 2.17. The van der Waals surface area contributed by atoms with E-state index in [0.717, 1.165) is 22.7 Å². The van der Waals surface area contributed by atoms with E-state index < -0.39 is 0 Å². The van der Waals surface area contributed by atoms with E-state index >= 15 is 0 Å². The Bertz CT molecular complexity index is 1060. The van der Waals surface area contributed by atoms with Crippen molar-refractivity contribution >= 4 is 40.0 Å². The summed E-state index contributed by atoms with van der Waals surface area (Å²) in [6.45, 7) is 0.761. The van der Waals surface area contributed by atoms with Gasteiger partial charge in [0.15, 0.2) is 5.13 Å². The van der Waals surface area contributed by atoms with Crippen molar-refractivity contribution in [2.75, 3.05) is 17.6 Å². The van der Waals surface area contributed by atoms with Crippen molar-refractivity contribution in [2.45, 2.75) is 43.4 Å². The van der Waals surface area contributed by atoms with E-state index in [1.807, 2.05) is 42.6 Å². The van der Waals surface area contributed by atoms with Crippen molar-refractivity contribution in [3.05, 3.63) is 76.8 Å². The maximum absolute atomic E-state index is 12.9. The molecule has 1 aliphatic rings. The molecule has 1 heterocycles. The van der Waals surface area contributed by atoms with Crippen molar-refractivity contribution in [3.8, 4) is 0 Å². The largest absolute Gasteiger partial charge is 0.355 e. The fraction of sp³-hybridized carbons (Fsp3) is 0.346. The number of benzene rings is 2. The highest BCUT2D eigenvalue weighted by Crippen LogP contribution is 2.26. The Morgan fingerprint density at radius 2 is 1.76 bits per heavy atom. The molecule has 33 heavy (non-hydrogen) atoms. The van der Waals surface area contributed by atoms with Gasteiger partial charge in [-0.15, -0.1) is 23.1 Å². The summed E-state index contributed by atoms with van der Waals surface area (Å²) < 4.78 is 0. The third-order valence-corrected chi connectivity index (χ3v) is 7.78. The summed E-state index contributed by atoms with van der Waals surface area (Å²) >= 11 is 2.88. The van der Waals surface area contributed by atoms with Gasteiger partial charge >= 0.3 is 0 Å². The van der Waals surface area contributed by atoms with Crippen LogP contribution in [0.15, 0.2) is 65.7 Å². The minimum atomic E-state index is -0.207. The molecule has 1 fully saturated rings. The Labute approximate surface area is 203 Å². The third kappa shape index (κ3) is 7.17. The molecule has 4 rings (SSSR count). The molecule has 0 atom stereocenters. The van der Waals surface area contributed by atoms with Crippen LogP contribution in [0.3, 0.4) is 0 Å². The normalized spacial score (nSPS) is 14.1. The van der Waals surface area contributed by atoms with Gasteiger partial charge in [0.1, 0.15) is 0 Å². The molecule has 0 unspecified atom stereocenters. The highest BCUT2D eigenvalue weighted by atomic mass is 32.2. The van der Waals surface area contributed by atoms with E-state index in [2.05, 4.69) is 27.8 Å². The molecule has 1 aromatic heterocycles. The minimum Gasteiger partial charge on any atom is -0.355 e. The molecule has 2 aromatic carbocycles. The number of nitrogens with one attached hydrogen (secondary N) is 2. The number of carbonyl (C=O) groups is 2. The van der Waals surface area contributed by atoms with E-state index in [-0.39, 0.29) is 11.8 Å². The number of rotatable bonds is 9. The van der Waals surface area contributed by atoms with E-state index in [4.69, 9.17) is 0 Å². The Hall–Kier alpha value is -2.64. The van der Waals surface area contributed by atoms with Crippen molar-refractivity contribution in [3.63, 3.8) is 0 Å². The van der Waals surface area contributed by atoms with Gasteiger partial charge < -0.3 is 5.32 Å². The molecule has 2 N–H and O–H groups in total. The van der Waals surface area contributed by atoms with Gasteiger partial charge in [-0.3, -0.25) is 14.9 Å². The maximum Gasteiger partial charge on any atom is 0.258 e. The smallest absolute Gasteiger partial charge is 0.258 e. The number of amides is 2. The molecule has 1 saturated carbocycles. The number of carbonyl (C=O) groups excluding carboxylic acids is 2. The monoisotopic (exact) mass is 479 g/mol. The predicted molar refractivity (Wildman–Crippen MR) is 136 cm³/mol. The quantitative estimate of drug-likeness (QED) is 0.382. The molecule has 7 heteroatoms. The van der Waals surface area contributed by atoms with Gasteiger partial charge in [-0.2, -0.15) is 0 Å². The lowest BCUT2D eigenvalue weighted by Gasteiger charge is -2.21. The zero-order valence-electron chi connectivity index (χ0n) is 18.6. The van der Waals surface area contributed by atoms with Crippen molar-refractivity contribution in [1.82, 2.24) is 10.3 Å². The second kappa shape index (κ2) is 12.0. The van der Waals surface area contributed by atoms with Crippen molar-refractivity contribution in [1.29, 1.82) is 0 Å². The van der Waals surface area contributed by atoms with E-state index in [9.17, 15) is 9.59 Å². The molecule has 0 saturated heterocycles. The SMILES string of the molecule is O=C(CSc1ccccc1C(=O)Nc1ncc(Cc2ccccc2)s1)NCC1CCCCC1. The predicted octanol–water partition coefficient (Wildman–Crippen LogP) is 5.77. The zero-order chi connectivity index (χ0) is 22.9. The Kier molecular flexibility index (Phi) is 8.55. The lowest BCUT2D eigenvalue weighted by atomic mass is 9.89. The van der Waals surface area contributed by atoms with Crippen LogP contribution in [0.25, 0.3) is 0 Å². The van der Waals surface area contributed by atoms with Gasteiger partial charge in [0.2, 0.25) is 5.91 Å². The first-order valence-electron chi connectivity index (χ1n) is 11.5. The van der Waals surface area contributed by atoms with Crippen LogP contribution in [0.2, 0.25) is 0 Å². The molecular formula is C26H29N3O2S2. The van der Waals surface area contributed by atoms with Crippen molar-refractivity contribution in [2.24, 2.45) is 5.92 Å². The Morgan fingerprint density at radius 1 is 1.00 bits per heavy atom. The number of anilines is 1.